The molecule has 92 valence electrons. The Morgan fingerprint density at radius 2 is 1.83 bits per heavy atom. The quantitative estimate of drug-likeness (QED) is 0.909. The SMILES string of the molecule is O=C(O)Cc1ccnc(-c2ccc(F)cc2)c1F. The molecule has 0 saturated carbocycles. The molecule has 18 heavy (non-hydrogen) atoms. The Hall–Kier alpha value is -2.30. The molecule has 3 nitrogen and oxygen atoms in total. The molecule has 1 aromatic carbocycles. The molecule has 0 unspecified atom stereocenters. The zero-order valence-corrected chi connectivity index (χ0v) is 9.23. The third-order valence-corrected chi connectivity index (χ3v) is 2.43. The minimum absolute atomic E-state index is 0.0220. The number of rotatable bonds is 3. The van der Waals surface area contributed by atoms with Gasteiger partial charge >= 0.3 is 5.97 Å². The van der Waals surface area contributed by atoms with E-state index in [1.807, 2.05) is 0 Å². The number of nitrogens with zero attached hydrogens (tertiary/aromatic N) is 1. The highest BCUT2D eigenvalue weighted by atomic mass is 19.1. The van der Waals surface area contributed by atoms with Gasteiger partial charge in [0.15, 0.2) is 5.82 Å². The van der Waals surface area contributed by atoms with Gasteiger partial charge in [-0.2, -0.15) is 0 Å². The third kappa shape index (κ3) is 2.51. The summed E-state index contributed by atoms with van der Waals surface area (Å²) in [5.41, 5.74) is 0.478. The molecule has 2 rings (SSSR count). The van der Waals surface area contributed by atoms with Crippen LogP contribution >= 0.6 is 0 Å². The van der Waals surface area contributed by atoms with Crippen LogP contribution in [0.3, 0.4) is 0 Å². The number of halogens is 2. The second-order valence-corrected chi connectivity index (χ2v) is 3.71. The van der Waals surface area contributed by atoms with Crippen LogP contribution < -0.4 is 0 Å². The summed E-state index contributed by atoms with van der Waals surface area (Å²) < 4.78 is 26.8. The van der Waals surface area contributed by atoms with Gasteiger partial charge in [-0.3, -0.25) is 9.78 Å². The first-order chi connectivity index (χ1) is 8.58. The predicted octanol–water partition coefficient (Wildman–Crippen LogP) is 2.65. The summed E-state index contributed by atoms with van der Waals surface area (Å²) in [6, 6.07) is 6.49. The topological polar surface area (TPSA) is 50.2 Å². The maximum absolute atomic E-state index is 14.0. The lowest BCUT2D eigenvalue weighted by Crippen LogP contribution is -2.04. The van der Waals surface area contributed by atoms with E-state index in [9.17, 15) is 13.6 Å². The lowest BCUT2D eigenvalue weighted by atomic mass is 10.1. The van der Waals surface area contributed by atoms with Gasteiger partial charge in [-0.05, 0) is 30.3 Å². The van der Waals surface area contributed by atoms with Crippen molar-refractivity contribution in [2.75, 3.05) is 0 Å². The van der Waals surface area contributed by atoms with Crippen molar-refractivity contribution in [2.45, 2.75) is 6.42 Å². The van der Waals surface area contributed by atoms with E-state index < -0.39 is 24.0 Å². The number of benzene rings is 1. The molecule has 0 spiro atoms. The molecule has 1 heterocycles. The Kier molecular flexibility index (Phi) is 3.32. The normalized spacial score (nSPS) is 10.3. The molecule has 0 saturated heterocycles. The van der Waals surface area contributed by atoms with Gasteiger partial charge in [-0.1, -0.05) is 0 Å². The van der Waals surface area contributed by atoms with E-state index in [1.165, 1.54) is 36.5 Å². The summed E-state index contributed by atoms with van der Waals surface area (Å²) in [4.78, 5) is 14.4. The van der Waals surface area contributed by atoms with Gasteiger partial charge in [0.05, 0.1) is 6.42 Å². The van der Waals surface area contributed by atoms with Crippen molar-refractivity contribution in [3.05, 3.63) is 53.7 Å². The van der Waals surface area contributed by atoms with Crippen molar-refractivity contribution in [2.24, 2.45) is 0 Å². The molecule has 5 heteroatoms. The Bertz CT molecular complexity index is 582. The predicted molar refractivity (Wildman–Crippen MR) is 60.9 cm³/mol. The van der Waals surface area contributed by atoms with E-state index in [2.05, 4.69) is 4.98 Å². The van der Waals surface area contributed by atoms with Gasteiger partial charge in [0.1, 0.15) is 11.5 Å². The first-order valence-electron chi connectivity index (χ1n) is 5.19. The maximum atomic E-state index is 14.0. The molecular formula is C13H9F2NO2. The standard InChI is InChI=1S/C13H9F2NO2/c14-10-3-1-8(2-4-10)13-12(15)9(5-6-16-13)7-11(17)18/h1-6H,7H2,(H,17,18). The molecule has 0 aliphatic rings. The summed E-state index contributed by atoms with van der Waals surface area (Å²) in [6.07, 6.45) is 0.919. The number of aliphatic carboxylic acids is 1. The van der Waals surface area contributed by atoms with Gasteiger partial charge in [0.2, 0.25) is 0 Å². The molecular weight excluding hydrogens is 240 g/mol. The van der Waals surface area contributed by atoms with E-state index in [4.69, 9.17) is 5.11 Å². The van der Waals surface area contributed by atoms with Gasteiger partial charge in [-0.15, -0.1) is 0 Å². The van der Waals surface area contributed by atoms with Crippen molar-refractivity contribution in [1.29, 1.82) is 0 Å². The van der Waals surface area contributed by atoms with Crippen LogP contribution in [0.15, 0.2) is 36.5 Å². The summed E-state index contributed by atoms with van der Waals surface area (Å²) in [7, 11) is 0. The molecule has 0 fully saturated rings. The number of hydrogen-bond donors (Lipinski definition) is 1. The summed E-state index contributed by atoms with van der Waals surface area (Å²) in [5, 5.41) is 8.65. The Balaban J connectivity index is 2.45. The highest BCUT2D eigenvalue weighted by Gasteiger charge is 2.13. The average Bonchev–Trinajstić information content (AvgIpc) is 2.33. The number of pyridine rings is 1. The van der Waals surface area contributed by atoms with Crippen LogP contribution in [0.4, 0.5) is 8.78 Å². The molecule has 0 aliphatic carbocycles. The smallest absolute Gasteiger partial charge is 0.307 e. The number of carboxylic acids is 1. The van der Waals surface area contributed by atoms with Crippen LogP contribution in [-0.4, -0.2) is 16.1 Å². The molecule has 0 aliphatic heterocycles. The summed E-state index contributed by atoms with van der Waals surface area (Å²) >= 11 is 0. The second kappa shape index (κ2) is 4.91. The van der Waals surface area contributed by atoms with E-state index >= 15 is 0 Å². The Morgan fingerprint density at radius 3 is 2.44 bits per heavy atom. The molecule has 0 radical (unpaired) electrons. The van der Waals surface area contributed by atoms with Crippen molar-refractivity contribution in [1.82, 2.24) is 4.98 Å². The zero-order chi connectivity index (χ0) is 13.1. The highest BCUT2D eigenvalue weighted by Crippen LogP contribution is 2.23. The number of hydrogen-bond acceptors (Lipinski definition) is 2. The second-order valence-electron chi connectivity index (χ2n) is 3.71. The van der Waals surface area contributed by atoms with Crippen LogP contribution in [0.1, 0.15) is 5.56 Å². The molecule has 1 aromatic heterocycles. The van der Waals surface area contributed by atoms with E-state index in [0.717, 1.165) is 0 Å². The fourth-order valence-electron chi connectivity index (χ4n) is 1.59. The fraction of sp³-hybridized carbons (Fsp3) is 0.0769. The van der Waals surface area contributed by atoms with Crippen molar-refractivity contribution >= 4 is 5.97 Å². The highest BCUT2D eigenvalue weighted by molar-refractivity contribution is 5.71. The first-order valence-corrected chi connectivity index (χ1v) is 5.19. The first kappa shape index (κ1) is 12.2. The van der Waals surface area contributed by atoms with Crippen LogP contribution in [-0.2, 0) is 11.2 Å². The lowest BCUT2D eigenvalue weighted by molar-refractivity contribution is -0.136. The third-order valence-electron chi connectivity index (χ3n) is 2.43. The number of carbonyl (C=O) groups is 1. The van der Waals surface area contributed by atoms with Crippen LogP contribution in [0.25, 0.3) is 11.3 Å². The van der Waals surface area contributed by atoms with Crippen molar-refractivity contribution < 1.29 is 18.7 Å². The lowest BCUT2D eigenvalue weighted by Gasteiger charge is -2.06. The summed E-state index contributed by atoms with van der Waals surface area (Å²) in [5.74, 6) is -2.24. The molecule has 0 bridgehead atoms. The Labute approximate surface area is 102 Å². The van der Waals surface area contributed by atoms with Gasteiger partial charge in [0.25, 0.3) is 0 Å². The molecule has 0 atom stereocenters. The number of aromatic nitrogens is 1. The fourth-order valence-corrected chi connectivity index (χ4v) is 1.59. The van der Waals surface area contributed by atoms with Crippen LogP contribution in [0.5, 0.6) is 0 Å². The zero-order valence-electron chi connectivity index (χ0n) is 9.23. The minimum Gasteiger partial charge on any atom is -0.481 e. The van der Waals surface area contributed by atoms with E-state index in [0.29, 0.717) is 5.56 Å². The van der Waals surface area contributed by atoms with E-state index in [-0.39, 0.29) is 11.3 Å². The van der Waals surface area contributed by atoms with Gasteiger partial charge in [-0.25, -0.2) is 8.78 Å². The number of carboxylic acid groups (broad SMARTS) is 1. The van der Waals surface area contributed by atoms with Gasteiger partial charge < -0.3 is 5.11 Å². The van der Waals surface area contributed by atoms with E-state index in [1.54, 1.807) is 0 Å². The molecule has 0 amide bonds. The molecule has 2 aromatic rings. The molecule has 1 N–H and O–H groups in total. The average molecular weight is 249 g/mol. The van der Waals surface area contributed by atoms with Crippen LogP contribution in [0, 0.1) is 11.6 Å². The maximum Gasteiger partial charge on any atom is 0.307 e. The van der Waals surface area contributed by atoms with Crippen molar-refractivity contribution in [3.8, 4) is 11.3 Å². The minimum atomic E-state index is -1.12. The van der Waals surface area contributed by atoms with Gasteiger partial charge in [0, 0.05) is 17.3 Å². The van der Waals surface area contributed by atoms with Crippen molar-refractivity contribution in [3.63, 3.8) is 0 Å². The Morgan fingerprint density at radius 1 is 1.17 bits per heavy atom. The summed E-state index contributed by atoms with van der Waals surface area (Å²) in [6.45, 7) is 0. The monoisotopic (exact) mass is 249 g/mol. The van der Waals surface area contributed by atoms with Crippen LogP contribution in [0.2, 0.25) is 0 Å². The largest absolute Gasteiger partial charge is 0.481 e.